The lowest BCUT2D eigenvalue weighted by Gasteiger charge is -2.24. The SMILES string of the molecule is O=c1n(Cc2ccc(C(F)(F)F)nc2)nc2n1C[C@H](C(F)(F)F)CC2. The molecule has 1 aliphatic heterocycles. The van der Waals surface area contributed by atoms with E-state index >= 15 is 0 Å². The van der Waals surface area contributed by atoms with Crippen molar-refractivity contribution >= 4 is 0 Å². The largest absolute Gasteiger partial charge is 0.433 e. The molecule has 11 heteroatoms. The van der Waals surface area contributed by atoms with Crippen molar-refractivity contribution in [2.24, 2.45) is 5.92 Å². The second-order valence-electron chi connectivity index (χ2n) is 5.79. The lowest BCUT2D eigenvalue weighted by Crippen LogP contribution is -2.36. The monoisotopic (exact) mass is 366 g/mol. The summed E-state index contributed by atoms with van der Waals surface area (Å²) in [6, 6.07) is 1.93. The Kier molecular flexibility index (Phi) is 4.12. The molecule has 0 amide bonds. The molecule has 2 aromatic rings. The first-order valence-electron chi connectivity index (χ1n) is 7.31. The Morgan fingerprint density at radius 1 is 1.16 bits per heavy atom. The number of fused-ring (bicyclic) bond motifs is 1. The number of rotatable bonds is 2. The summed E-state index contributed by atoms with van der Waals surface area (Å²) in [6.45, 7) is -0.663. The summed E-state index contributed by atoms with van der Waals surface area (Å²) in [6.07, 6.45) is -8.14. The van der Waals surface area contributed by atoms with Gasteiger partial charge in [0.2, 0.25) is 0 Å². The van der Waals surface area contributed by atoms with Crippen LogP contribution in [-0.2, 0) is 25.7 Å². The highest BCUT2D eigenvalue weighted by atomic mass is 19.4. The normalized spacial score (nSPS) is 18.2. The van der Waals surface area contributed by atoms with Crippen molar-refractivity contribution in [1.82, 2.24) is 19.3 Å². The highest BCUT2D eigenvalue weighted by Gasteiger charge is 2.42. The van der Waals surface area contributed by atoms with Gasteiger partial charge in [0.25, 0.3) is 0 Å². The first-order valence-corrected chi connectivity index (χ1v) is 7.31. The Morgan fingerprint density at radius 2 is 1.88 bits per heavy atom. The van der Waals surface area contributed by atoms with Crippen molar-refractivity contribution in [2.45, 2.75) is 38.3 Å². The van der Waals surface area contributed by atoms with Crippen molar-refractivity contribution in [3.8, 4) is 0 Å². The molecule has 0 fully saturated rings. The third kappa shape index (κ3) is 3.54. The molecule has 0 unspecified atom stereocenters. The van der Waals surface area contributed by atoms with Gasteiger partial charge in [-0.25, -0.2) is 9.48 Å². The van der Waals surface area contributed by atoms with Crippen LogP contribution in [0.2, 0.25) is 0 Å². The second-order valence-corrected chi connectivity index (χ2v) is 5.79. The number of halogens is 6. The van der Waals surface area contributed by atoms with Crippen LogP contribution in [0.1, 0.15) is 23.5 Å². The van der Waals surface area contributed by atoms with Crippen LogP contribution in [0.15, 0.2) is 23.1 Å². The second kappa shape index (κ2) is 5.88. The highest BCUT2D eigenvalue weighted by Crippen LogP contribution is 2.33. The number of aryl methyl sites for hydroxylation is 1. The Balaban J connectivity index is 1.82. The molecule has 0 N–H and O–H groups in total. The topological polar surface area (TPSA) is 52.7 Å². The molecule has 2 aromatic heterocycles. The van der Waals surface area contributed by atoms with Crippen LogP contribution in [0.3, 0.4) is 0 Å². The van der Waals surface area contributed by atoms with Gasteiger partial charge in [0, 0.05) is 19.2 Å². The van der Waals surface area contributed by atoms with E-state index in [9.17, 15) is 31.1 Å². The van der Waals surface area contributed by atoms with E-state index in [0.717, 1.165) is 27.6 Å². The molecular weight excluding hydrogens is 354 g/mol. The van der Waals surface area contributed by atoms with Gasteiger partial charge < -0.3 is 0 Å². The zero-order valence-corrected chi connectivity index (χ0v) is 12.6. The molecule has 3 rings (SSSR count). The number of pyridine rings is 1. The number of aromatic nitrogens is 4. The Bertz CT molecular complexity index is 818. The van der Waals surface area contributed by atoms with E-state index in [1.54, 1.807) is 0 Å². The Morgan fingerprint density at radius 3 is 2.44 bits per heavy atom. The summed E-state index contributed by atoms with van der Waals surface area (Å²) in [5, 5.41) is 3.98. The summed E-state index contributed by atoms with van der Waals surface area (Å²) >= 11 is 0. The molecule has 0 saturated carbocycles. The van der Waals surface area contributed by atoms with Crippen molar-refractivity contribution in [1.29, 1.82) is 0 Å². The van der Waals surface area contributed by atoms with Crippen LogP contribution < -0.4 is 5.69 Å². The zero-order chi connectivity index (χ0) is 18.4. The fraction of sp³-hybridized carbons (Fsp3) is 0.500. The van der Waals surface area contributed by atoms with Gasteiger partial charge in [-0.3, -0.25) is 9.55 Å². The number of alkyl halides is 6. The number of hydrogen-bond acceptors (Lipinski definition) is 3. The molecule has 0 aliphatic carbocycles. The van der Waals surface area contributed by atoms with Crippen LogP contribution >= 0.6 is 0 Å². The number of hydrogen-bond donors (Lipinski definition) is 0. The molecule has 0 aromatic carbocycles. The van der Waals surface area contributed by atoms with Gasteiger partial charge >= 0.3 is 18.0 Å². The van der Waals surface area contributed by atoms with E-state index in [1.165, 1.54) is 0 Å². The molecule has 0 radical (unpaired) electrons. The van der Waals surface area contributed by atoms with Gasteiger partial charge in [0.15, 0.2) is 0 Å². The van der Waals surface area contributed by atoms with Crippen molar-refractivity contribution in [2.75, 3.05) is 0 Å². The maximum Gasteiger partial charge on any atom is 0.433 e. The minimum Gasteiger partial charge on any atom is -0.278 e. The molecule has 25 heavy (non-hydrogen) atoms. The minimum atomic E-state index is -4.57. The van der Waals surface area contributed by atoms with Crippen LogP contribution in [0.25, 0.3) is 0 Å². The number of nitrogens with zero attached hydrogens (tertiary/aromatic N) is 4. The van der Waals surface area contributed by atoms with Gasteiger partial charge in [0.05, 0.1) is 12.5 Å². The molecule has 1 aliphatic rings. The van der Waals surface area contributed by atoms with Gasteiger partial charge in [-0.05, 0) is 18.1 Å². The molecule has 136 valence electrons. The first-order chi connectivity index (χ1) is 11.6. The summed E-state index contributed by atoms with van der Waals surface area (Å²) in [5.74, 6) is -1.37. The average Bonchev–Trinajstić information content (AvgIpc) is 2.82. The van der Waals surface area contributed by atoms with Crippen molar-refractivity contribution in [3.05, 3.63) is 45.9 Å². The van der Waals surface area contributed by atoms with Gasteiger partial charge in [-0.1, -0.05) is 6.07 Å². The van der Waals surface area contributed by atoms with Crippen LogP contribution in [0.4, 0.5) is 26.3 Å². The van der Waals surface area contributed by atoms with Gasteiger partial charge in [-0.2, -0.15) is 31.4 Å². The Labute approximate surface area is 136 Å². The molecule has 3 heterocycles. The summed E-state index contributed by atoms with van der Waals surface area (Å²) in [5.41, 5.74) is -1.50. The first kappa shape index (κ1) is 17.5. The van der Waals surface area contributed by atoms with E-state index < -0.39 is 36.2 Å². The smallest absolute Gasteiger partial charge is 0.278 e. The van der Waals surface area contributed by atoms with E-state index in [1.807, 2.05) is 0 Å². The average molecular weight is 366 g/mol. The van der Waals surface area contributed by atoms with E-state index in [-0.39, 0.29) is 30.8 Å². The maximum atomic E-state index is 12.8. The summed E-state index contributed by atoms with van der Waals surface area (Å²) in [4.78, 5) is 15.5. The minimum absolute atomic E-state index is 0.0116. The van der Waals surface area contributed by atoms with Gasteiger partial charge in [0.1, 0.15) is 11.5 Å². The lowest BCUT2D eigenvalue weighted by atomic mass is 9.99. The Hall–Kier alpha value is -2.33. The van der Waals surface area contributed by atoms with E-state index in [0.29, 0.717) is 0 Å². The van der Waals surface area contributed by atoms with E-state index in [2.05, 4.69) is 10.1 Å². The molecule has 0 spiro atoms. The lowest BCUT2D eigenvalue weighted by molar-refractivity contribution is -0.182. The maximum absolute atomic E-state index is 12.8. The van der Waals surface area contributed by atoms with Gasteiger partial charge in [-0.15, -0.1) is 0 Å². The summed E-state index contributed by atoms with van der Waals surface area (Å²) < 4.78 is 77.8. The third-order valence-corrected chi connectivity index (χ3v) is 4.03. The fourth-order valence-corrected chi connectivity index (χ4v) is 2.70. The highest BCUT2D eigenvalue weighted by molar-refractivity contribution is 5.16. The predicted octanol–water partition coefficient (Wildman–Crippen LogP) is 2.63. The zero-order valence-electron chi connectivity index (χ0n) is 12.6. The van der Waals surface area contributed by atoms with Crippen LogP contribution in [-0.4, -0.2) is 25.5 Å². The predicted molar refractivity (Wildman–Crippen MR) is 72.7 cm³/mol. The van der Waals surface area contributed by atoms with Crippen LogP contribution in [0.5, 0.6) is 0 Å². The van der Waals surface area contributed by atoms with Crippen molar-refractivity contribution < 1.29 is 26.3 Å². The molecule has 1 atom stereocenters. The molecular formula is C14H12F6N4O. The van der Waals surface area contributed by atoms with E-state index in [4.69, 9.17) is 0 Å². The standard InChI is InChI=1S/C14H12F6N4O/c15-13(16,17)9-2-4-11-22-24(12(25)23(11)7-9)6-8-1-3-10(21-5-8)14(18,19)20/h1,3,5,9H,2,4,6-7H2/t9-/m1/s1. The quantitative estimate of drug-likeness (QED) is 0.768. The fourth-order valence-electron chi connectivity index (χ4n) is 2.70. The summed E-state index contributed by atoms with van der Waals surface area (Å²) in [7, 11) is 0. The van der Waals surface area contributed by atoms with Crippen molar-refractivity contribution in [3.63, 3.8) is 0 Å². The molecule has 0 saturated heterocycles. The molecule has 5 nitrogen and oxygen atoms in total. The molecule has 0 bridgehead atoms. The third-order valence-electron chi connectivity index (χ3n) is 4.03. The van der Waals surface area contributed by atoms with Crippen LogP contribution in [0, 0.1) is 5.92 Å².